The van der Waals surface area contributed by atoms with Gasteiger partial charge in [0.1, 0.15) is 0 Å². The van der Waals surface area contributed by atoms with E-state index in [2.05, 4.69) is 26.5 Å². The number of carbonyl (C=O) groups is 1. The van der Waals surface area contributed by atoms with Crippen LogP contribution in [0.2, 0.25) is 0 Å². The minimum Gasteiger partial charge on any atom is -0.350 e. The number of thiophene rings is 1. The number of nitrogens with one attached hydrogen (secondary N) is 1. The maximum absolute atomic E-state index is 10.4. The van der Waals surface area contributed by atoms with Gasteiger partial charge in [0, 0.05) is 4.47 Å². The van der Waals surface area contributed by atoms with Gasteiger partial charge in [-0.15, -0.1) is 11.3 Å². The first-order valence-corrected chi connectivity index (χ1v) is 5.11. The van der Waals surface area contributed by atoms with E-state index in [4.69, 9.17) is 5.73 Å². The van der Waals surface area contributed by atoms with Crippen molar-refractivity contribution in [2.75, 3.05) is 0 Å². The zero-order valence-electron chi connectivity index (χ0n) is 6.87. The Kier molecular flexibility index (Phi) is 3.44. The highest BCUT2D eigenvalue weighted by atomic mass is 79.9. The molecule has 0 aliphatic carbocycles. The molecule has 13 heavy (non-hydrogen) atoms. The van der Waals surface area contributed by atoms with Gasteiger partial charge in [0.25, 0.3) is 0 Å². The smallest absolute Gasteiger partial charge is 0.332 e. The monoisotopic (exact) mass is 261 g/mol. The van der Waals surface area contributed by atoms with Crippen LogP contribution in [0.5, 0.6) is 0 Å². The Morgan fingerprint density at radius 1 is 1.77 bits per heavy atom. The molecule has 1 heterocycles. The molecule has 70 valence electrons. The SMILES string of the molecule is CC(=NNC(N)=O)c1sccc1Br. The number of carbonyl (C=O) groups excluding carboxylic acids is 1. The highest BCUT2D eigenvalue weighted by Gasteiger charge is 2.04. The van der Waals surface area contributed by atoms with E-state index in [1.807, 2.05) is 11.4 Å². The Bertz CT molecular complexity index is 347. The van der Waals surface area contributed by atoms with Gasteiger partial charge in [-0.1, -0.05) is 0 Å². The molecule has 0 saturated heterocycles. The number of halogens is 1. The van der Waals surface area contributed by atoms with Crippen LogP contribution in [0.15, 0.2) is 21.0 Å². The van der Waals surface area contributed by atoms with Crippen LogP contribution in [0, 0.1) is 0 Å². The quantitative estimate of drug-likeness (QED) is 0.620. The van der Waals surface area contributed by atoms with Crippen molar-refractivity contribution in [1.29, 1.82) is 0 Å². The lowest BCUT2D eigenvalue weighted by Crippen LogP contribution is -2.25. The minimum absolute atomic E-state index is 0.660. The molecule has 0 aromatic carbocycles. The molecule has 0 saturated carbocycles. The van der Waals surface area contributed by atoms with Crippen LogP contribution in [0.25, 0.3) is 0 Å². The van der Waals surface area contributed by atoms with Crippen molar-refractivity contribution in [2.45, 2.75) is 6.92 Å². The van der Waals surface area contributed by atoms with E-state index in [0.717, 1.165) is 15.1 Å². The van der Waals surface area contributed by atoms with Crippen LogP contribution in [-0.2, 0) is 0 Å². The Balaban J connectivity index is 2.78. The number of rotatable bonds is 2. The maximum Gasteiger partial charge on any atom is 0.332 e. The summed E-state index contributed by atoms with van der Waals surface area (Å²) in [6.45, 7) is 1.80. The van der Waals surface area contributed by atoms with Gasteiger partial charge in [0.2, 0.25) is 0 Å². The second kappa shape index (κ2) is 4.38. The number of urea groups is 1. The highest BCUT2D eigenvalue weighted by Crippen LogP contribution is 2.22. The fraction of sp³-hybridized carbons (Fsp3) is 0.143. The van der Waals surface area contributed by atoms with Gasteiger partial charge >= 0.3 is 6.03 Å². The average Bonchev–Trinajstić information content (AvgIpc) is 2.47. The summed E-state index contributed by atoms with van der Waals surface area (Å²) >= 11 is 4.90. The minimum atomic E-state index is -0.660. The largest absolute Gasteiger partial charge is 0.350 e. The standard InChI is InChI=1S/C7H8BrN3OS/c1-4(10-11-7(9)12)6-5(8)2-3-13-6/h2-3H,1H3,(H3,9,11,12). The normalized spacial score (nSPS) is 11.4. The molecule has 0 spiro atoms. The summed E-state index contributed by atoms with van der Waals surface area (Å²) in [6.07, 6.45) is 0. The van der Waals surface area contributed by atoms with Gasteiger partial charge in [-0.3, -0.25) is 0 Å². The summed E-state index contributed by atoms with van der Waals surface area (Å²) < 4.78 is 0.963. The van der Waals surface area contributed by atoms with Crippen LogP contribution < -0.4 is 11.2 Å². The topological polar surface area (TPSA) is 67.5 Å². The van der Waals surface area contributed by atoms with Crippen LogP contribution in [-0.4, -0.2) is 11.7 Å². The number of amides is 2. The Morgan fingerprint density at radius 2 is 2.46 bits per heavy atom. The second-order valence-corrected chi connectivity index (χ2v) is 4.04. The first kappa shape index (κ1) is 10.2. The van der Waals surface area contributed by atoms with E-state index >= 15 is 0 Å². The Hall–Kier alpha value is -0.880. The molecule has 0 atom stereocenters. The lowest BCUT2D eigenvalue weighted by molar-refractivity contribution is 0.249. The lowest BCUT2D eigenvalue weighted by Gasteiger charge is -1.97. The number of nitrogens with two attached hydrogens (primary N) is 1. The zero-order chi connectivity index (χ0) is 9.84. The zero-order valence-corrected chi connectivity index (χ0v) is 9.28. The fourth-order valence-electron chi connectivity index (χ4n) is 0.742. The summed E-state index contributed by atoms with van der Waals surface area (Å²) in [5, 5.41) is 5.73. The summed E-state index contributed by atoms with van der Waals surface area (Å²) in [6, 6.07) is 1.26. The van der Waals surface area contributed by atoms with Gasteiger partial charge in [0.05, 0.1) is 10.6 Å². The molecule has 2 amide bonds. The van der Waals surface area contributed by atoms with Crippen molar-refractivity contribution in [3.63, 3.8) is 0 Å². The van der Waals surface area contributed by atoms with E-state index in [-0.39, 0.29) is 0 Å². The molecule has 0 bridgehead atoms. The molecule has 0 radical (unpaired) electrons. The van der Waals surface area contributed by atoms with E-state index in [0.29, 0.717) is 0 Å². The number of hydrogen-bond acceptors (Lipinski definition) is 3. The number of hydrazone groups is 1. The Morgan fingerprint density at radius 3 is 2.92 bits per heavy atom. The summed E-state index contributed by atoms with van der Waals surface area (Å²) in [5.41, 5.74) is 7.76. The summed E-state index contributed by atoms with van der Waals surface area (Å²) in [7, 11) is 0. The lowest BCUT2D eigenvalue weighted by atomic mass is 10.3. The van der Waals surface area contributed by atoms with Gasteiger partial charge in [-0.05, 0) is 34.3 Å². The predicted octanol–water partition coefficient (Wildman–Crippen LogP) is 1.90. The molecule has 0 unspecified atom stereocenters. The molecule has 1 aromatic rings. The van der Waals surface area contributed by atoms with Gasteiger partial charge in [-0.2, -0.15) is 5.10 Å². The van der Waals surface area contributed by atoms with Crippen molar-refractivity contribution in [3.05, 3.63) is 20.8 Å². The fourth-order valence-corrected chi connectivity index (χ4v) is 2.35. The van der Waals surface area contributed by atoms with Crippen molar-refractivity contribution < 1.29 is 4.79 Å². The van der Waals surface area contributed by atoms with Crippen LogP contribution in [0.1, 0.15) is 11.8 Å². The third-order valence-corrected chi connectivity index (χ3v) is 3.23. The van der Waals surface area contributed by atoms with Crippen LogP contribution in [0.4, 0.5) is 4.79 Å². The number of nitrogens with zero attached hydrogens (tertiary/aromatic N) is 1. The van der Waals surface area contributed by atoms with E-state index in [9.17, 15) is 4.79 Å². The first-order valence-electron chi connectivity index (χ1n) is 3.44. The predicted molar refractivity (Wildman–Crippen MR) is 56.9 cm³/mol. The molecule has 0 aliphatic heterocycles. The van der Waals surface area contributed by atoms with E-state index in [1.54, 1.807) is 6.92 Å². The number of hydrogen-bond donors (Lipinski definition) is 2. The van der Waals surface area contributed by atoms with Crippen molar-refractivity contribution >= 4 is 39.0 Å². The number of primary amides is 1. The average molecular weight is 262 g/mol. The third kappa shape index (κ3) is 2.82. The van der Waals surface area contributed by atoms with Gasteiger partial charge in [0.15, 0.2) is 0 Å². The summed E-state index contributed by atoms with van der Waals surface area (Å²) in [4.78, 5) is 11.3. The molecule has 0 aliphatic rings. The molecule has 0 fully saturated rings. The molecular weight excluding hydrogens is 254 g/mol. The Labute approximate surface area is 88.0 Å². The molecule has 6 heteroatoms. The molecule has 1 rings (SSSR count). The van der Waals surface area contributed by atoms with Crippen LogP contribution in [0.3, 0.4) is 0 Å². The van der Waals surface area contributed by atoms with Crippen molar-refractivity contribution in [3.8, 4) is 0 Å². The highest BCUT2D eigenvalue weighted by molar-refractivity contribution is 9.10. The van der Waals surface area contributed by atoms with Gasteiger partial charge in [-0.25, -0.2) is 10.2 Å². The maximum atomic E-state index is 10.4. The van der Waals surface area contributed by atoms with Crippen molar-refractivity contribution in [2.24, 2.45) is 10.8 Å². The molecule has 4 nitrogen and oxygen atoms in total. The molecule has 1 aromatic heterocycles. The van der Waals surface area contributed by atoms with Crippen molar-refractivity contribution in [1.82, 2.24) is 5.43 Å². The summed E-state index contributed by atoms with van der Waals surface area (Å²) in [5.74, 6) is 0. The molecular formula is C7H8BrN3OS. The van der Waals surface area contributed by atoms with Gasteiger partial charge < -0.3 is 5.73 Å². The first-order chi connectivity index (χ1) is 6.11. The van der Waals surface area contributed by atoms with E-state index in [1.165, 1.54) is 11.3 Å². The van der Waals surface area contributed by atoms with Crippen LogP contribution >= 0.6 is 27.3 Å². The second-order valence-electron chi connectivity index (χ2n) is 2.27. The van der Waals surface area contributed by atoms with E-state index < -0.39 is 6.03 Å². The molecule has 3 N–H and O–H groups in total. The third-order valence-electron chi connectivity index (χ3n) is 1.28.